The Morgan fingerprint density at radius 3 is 2.60 bits per heavy atom. The van der Waals surface area contributed by atoms with Gasteiger partial charge in [0.05, 0.1) is 23.7 Å². The van der Waals surface area contributed by atoms with Crippen molar-refractivity contribution in [3.8, 4) is 5.75 Å². The summed E-state index contributed by atoms with van der Waals surface area (Å²) in [6.45, 7) is 7.20. The van der Waals surface area contributed by atoms with Crippen molar-refractivity contribution < 1.29 is 22.7 Å². The number of rotatable bonds is 4. The van der Waals surface area contributed by atoms with Gasteiger partial charge >= 0.3 is 0 Å². The van der Waals surface area contributed by atoms with Gasteiger partial charge in [-0.25, -0.2) is 8.42 Å². The molecule has 1 fully saturated rings. The maximum Gasteiger partial charge on any atom is 0.259 e. The highest BCUT2D eigenvalue weighted by molar-refractivity contribution is 7.89. The van der Waals surface area contributed by atoms with Gasteiger partial charge in [0.15, 0.2) is 0 Å². The molecule has 0 unspecified atom stereocenters. The second-order valence-electron chi connectivity index (χ2n) is 7.79. The van der Waals surface area contributed by atoms with E-state index in [2.05, 4.69) is 12.2 Å². The number of hydrogen-bond acceptors (Lipinski definition) is 5. The number of morpholine rings is 1. The molecule has 1 N–H and O–H groups in total. The van der Waals surface area contributed by atoms with Crippen molar-refractivity contribution in [2.24, 2.45) is 0 Å². The molecule has 1 amide bonds. The quantitative estimate of drug-likeness (QED) is 0.806. The van der Waals surface area contributed by atoms with Gasteiger partial charge in [0.2, 0.25) is 10.0 Å². The van der Waals surface area contributed by atoms with Gasteiger partial charge in [0, 0.05) is 30.3 Å². The molecule has 8 heteroatoms. The Morgan fingerprint density at radius 1 is 1.13 bits per heavy atom. The number of hydrogen-bond donors (Lipinski definition) is 1. The van der Waals surface area contributed by atoms with E-state index in [1.54, 1.807) is 25.1 Å². The summed E-state index contributed by atoms with van der Waals surface area (Å²) in [5, 5.41) is 2.83. The summed E-state index contributed by atoms with van der Waals surface area (Å²) in [5.74, 6) is 0.479. The Balaban J connectivity index is 1.61. The van der Waals surface area contributed by atoms with Gasteiger partial charge < -0.3 is 14.8 Å². The molecule has 2 heterocycles. The summed E-state index contributed by atoms with van der Waals surface area (Å²) < 4.78 is 38.8. The van der Waals surface area contributed by atoms with E-state index < -0.39 is 10.0 Å². The molecule has 0 bridgehead atoms. The van der Waals surface area contributed by atoms with Crippen LogP contribution in [0.3, 0.4) is 0 Å². The SMILES string of the molecule is Cc1ccc(NC(=O)c2cccc3c2O[C@H](C)[C@H]3C)cc1S(=O)(=O)N1CCOCC1. The summed E-state index contributed by atoms with van der Waals surface area (Å²) in [6.07, 6.45) is -0.00130. The predicted molar refractivity (Wildman–Crippen MR) is 114 cm³/mol. The van der Waals surface area contributed by atoms with Crippen LogP contribution in [0.25, 0.3) is 0 Å². The third-order valence-electron chi connectivity index (χ3n) is 5.82. The van der Waals surface area contributed by atoms with Gasteiger partial charge in [-0.2, -0.15) is 4.31 Å². The lowest BCUT2D eigenvalue weighted by atomic mass is 9.97. The molecule has 0 aliphatic carbocycles. The fourth-order valence-corrected chi connectivity index (χ4v) is 5.50. The van der Waals surface area contributed by atoms with Crippen LogP contribution in [-0.2, 0) is 14.8 Å². The first-order chi connectivity index (χ1) is 14.3. The van der Waals surface area contributed by atoms with Crippen LogP contribution >= 0.6 is 0 Å². The van der Waals surface area contributed by atoms with Crippen molar-refractivity contribution in [2.75, 3.05) is 31.6 Å². The van der Waals surface area contributed by atoms with Crippen LogP contribution in [0, 0.1) is 6.92 Å². The smallest absolute Gasteiger partial charge is 0.259 e. The van der Waals surface area contributed by atoms with Crippen molar-refractivity contribution in [3.05, 3.63) is 53.1 Å². The Hall–Kier alpha value is -2.42. The van der Waals surface area contributed by atoms with Gasteiger partial charge in [-0.3, -0.25) is 4.79 Å². The molecule has 2 aromatic carbocycles. The molecule has 4 rings (SSSR count). The largest absolute Gasteiger partial charge is 0.489 e. The molecule has 0 radical (unpaired) electrons. The van der Waals surface area contributed by atoms with E-state index in [1.807, 2.05) is 19.1 Å². The molecular weight excluding hydrogens is 404 g/mol. The summed E-state index contributed by atoms with van der Waals surface area (Å²) >= 11 is 0. The first-order valence-corrected chi connectivity index (χ1v) is 11.5. The lowest BCUT2D eigenvalue weighted by molar-refractivity contribution is 0.0730. The first kappa shape index (κ1) is 20.8. The standard InChI is InChI=1S/C22H26N2O5S/c1-14-7-8-17(13-20(14)30(26,27)24-9-11-28-12-10-24)23-22(25)19-6-4-5-18-15(2)16(3)29-21(18)19/h4-8,13,15-16H,9-12H2,1-3H3,(H,23,25)/t15-,16-/m1/s1. The van der Waals surface area contributed by atoms with E-state index in [9.17, 15) is 13.2 Å². The van der Waals surface area contributed by atoms with E-state index >= 15 is 0 Å². The van der Waals surface area contributed by atoms with Crippen molar-refractivity contribution >= 4 is 21.6 Å². The summed E-state index contributed by atoms with van der Waals surface area (Å²) in [7, 11) is -3.66. The lowest BCUT2D eigenvalue weighted by Crippen LogP contribution is -2.40. The van der Waals surface area contributed by atoms with Crippen LogP contribution in [0.1, 0.15) is 41.3 Å². The number of amides is 1. The normalized spacial score (nSPS) is 21.7. The molecule has 160 valence electrons. The number of aryl methyl sites for hydroxylation is 1. The van der Waals surface area contributed by atoms with E-state index in [-0.39, 0.29) is 22.8 Å². The van der Waals surface area contributed by atoms with Crippen LogP contribution in [-0.4, -0.2) is 51.0 Å². The third kappa shape index (κ3) is 3.71. The Morgan fingerprint density at radius 2 is 1.87 bits per heavy atom. The van der Waals surface area contributed by atoms with Crippen molar-refractivity contribution in [1.29, 1.82) is 0 Å². The fourth-order valence-electron chi connectivity index (χ4n) is 3.84. The van der Waals surface area contributed by atoms with Crippen LogP contribution in [0.2, 0.25) is 0 Å². The average Bonchev–Trinajstić information content (AvgIpc) is 3.04. The van der Waals surface area contributed by atoms with Gasteiger partial charge in [-0.1, -0.05) is 25.1 Å². The molecule has 0 aromatic heterocycles. The number of fused-ring (bicyclic) bond motifs is 1. The summed E-state index contributed by atoms with van der Waals surface area (Å²) in [4.78, 5) is 13.2. The number of nitrogens with one attached hydrogen (secondary N) is 1. The van der Waals surface area contributed by atoms with Gasteiger partial charge in [0.1, 0.15) is 11.9 Å². The van der Waals surface area contributed by atoms with Crippen LogP contribution in [0.15, 0.2) is 41.3 Å². The first-order valence-electron chi connectivity index (χ1n) is 10.1. The van der Waals surface area contributed by atoms with Crippen molar-refractivity contribution in [3.63, 3.8) is 0 Å². The maximum absolute atomic E-state index is 13.1. The highest BCUT2D eigenvalue weighted by Gasteiger charge is 2.31. The second-order valence-corrected chi connectivity index (χ2v) is 9.69. The van der Waals surface area contributed by atoms with Crippen molar-refractivity contribution in [1.82, 2.24) is 4.31 Å². The fraction of sp³-hybridized carbons (Fsp3) is 0.409. The summed E-state index contributed by atoms with van der Waals surface area (Å²) in [6, 6.07) is 10.5. The molecule has 1 saturated heterocycles. The van der Waals surface area contributed by atoms with Crippen LogP contribution < -0.4 is 10.1 Å². The van der Waals surface area contributed by atoms with E-state index in [1.165, 1.54) is 10.4 Å². The number of sulfonamides is 1. The predicted octanol–water partition coefficient (Wildman–Crippen LogP) is 3.15. The van der Waals surface area contributed by atoms with E-state index in [0.29, 0.717) is 48.9 Å². The number of anilines is 1. The van der Waals surface area contributed by atoms with Crippen LogP contribution in [0.4, 0.5) is 5.69 Å². The minimum Gasteiger partial charge on any atom is -0.489 e. The van der Waals surface area contributed by atoms with Gasteiger partial charge in [-0.05, 0) is 37.6 Å². The van der Waals surface area contributed by atoms with E-state index in [4.69, 9.17) is 9.47 Å². The van der Waals surface area contributed by atoms with Crippen LogP contribution in [0.5, 0.6) is 5.75 Å². The zero-order valence-corrected chi connectivity index (χ0v) is 18.2. The van der Waals surface area contributed by atoms with E-state index in [0.717, 1.165) is 5.56 Å². The Labute approximate surface area is 177 Å². The summed E-state index contributed by atoms with van der Waals surface area (Å²) in [5.41, 5.74) is 2.51. The highest BCUT2D eigenvalue weighted by atomic mass is 32.2. The molecule has 7 nitrogen and oxygen atoms in total. The molecule has 0 saturated carbocycles. The molecule has 2 aliphatic rings. The molecule has 0 spiro atoms. The highest BCUT2D eigenvalue weighted by Crippen LogP contribution is 2.40. The third-order valence-corrected chi connectivity index (χ3v) is 7.86. The monoisotopic (exact) mass is 430 g/mol. The van der Waals surface area contributed by atoms with Gasteiger partial charge in [-0.15, -0.1) is 0 Å². The molecule has 2 atom stereocenters. The second kappa shape index (κ2) is 8.02. The topological polar surface area (TPSA) is 84.9 Å². The lowest BCUT2D eigenvalue weighted by Gasteiger charge is -2.26. The van der Waals surface area contributed by atoms with Gasteiger partial charge in [0.25, 0.3) is 5.91 Å². The number of carbonyl (C=O) groups excluding carboxylic acids is 1. The van der Waals surface area contributed by atoms with Crippen molar-refractivity contribution in [2.45, 2.75) is 37.7 Å². The average molecular weight is 431 g/mol. The Kier molecular flexibility index (Phi) is 5.57. The molecular formula is C22H26N2O5S. The maximum atomic E-state index is 13.1. The minimum absolute atomic E-state index is 0.00130. The molecule has 2 aliphatic heterocycles. The number of ether oxygens (including phenoxy) is 2. The number of nitrogens with zero attached hydrogens (tertiary/aromatic N) is 1. The number of para-hydroxylation sites is 1. The number of carbonyl (C=O) groups is 1. The molecule has 2 aromatic rings. The molecule has 30 heavy (non-hydrogen) atoms. The minimum atomic E-state index is -3.66. The number of benzene rings is 2. The zero-order chi connectivity index (χ0) is 21.5. The zero-order valence-electron chi connectivity index (χ0n) is 17.3. The Bertz CT molecular complexity index is 1080.